The molecule has 26 heavy (non-hydrogen) atoms. The number of fused-ring (bicyclic) bond motifs is 2. The molecule has 4 rings (SSSR count). The zero-order chi connectivity index (χ0) is 18.1. The van der Waals surface area contributed by atoms with E-state index in [1.54, 1.807) is 7.11 Å². The fraction of sp³-hybridized carbons (Fsp3) is 0.348. The Bertz CT molecular complexity index is 842. The van der Waals surface area contributed by atoms with Crippen LogP contribution in [-0.4, -0.2) is 37.4 Å². The largest absolute Gasteiger partial charge is 0.497 e. The molecule has 1 aliphatic carbocycles. The van der Waals surface area contributed by atoms with E-state index in [0.717, 1.165) is 36.3 Å². The third-order valence-electron chi connectivity index (χ3n) is 6.04. The van der Waals surface area contributed by atoms with Crippen molar-refractivity contribution in [3.63, 3.8) is 0 Å². The molecular weight excluding hydrogens is 322 g/mol. The highest BCUT2D eigenvalue weighted by Crippen LogP contribution is 2.47. The Balaban J connectivity index is 1.72. The summed E-state index contributed by atoms with van der Waals surface area (Å²) in [5.74, 6) is 1.14. The highest BCUT2D eigenvalue weighted by Gasteiger charge is 2.48. The zero-order valence-electron chi connectivity index (χ0n) is 15.4. The van der Waals surface area contributed by atoms with E-state index in [1.807, 2.05) is 30.3 Å². The number of likely N-dealkylation sites (N-methyl/N-ethyl adjacent to an activating group) is 1. The van der Waals surface area contributed by atoms with Crippen molar-refractivity contribution in [3.8, 4) is 5.75 Å². The Hall–Kier alpha value is -2.39. The summed E-state index contributed by atoms with van der Waals surface area (Å²) >= 11 is 0. The van der Waals surface area contributed by atoms with Crippen molar-refractivity contribution in [1.82, 2.24) is 4.90 Å². The average molecular weight is 347 g/mol. The van der Waals surface area contributed by atoms with Crippen LogP contribution in [0.5, 0.6) is 5.75 Å². The van der Waals surface area contributed by atoms with Gasteiger partial charge in [-0.15, -0.1) is 0 Å². The molecule has 2 fully saturated rings. The van der Waals surface area contributed by atoms with Gasteiger partial charge < -0.3 is 4.74 Å². The molecule has 3 heteroatoms. The molecule has 0 radical (unpaired) electrons. The van der Waals surface area contributed by atoms with Gasteiger partial charge in [-0.05, 0) is 55.8 Å². The van der Waals surface area contributed by atoms with Gasteiger partial charge in [-0.3, -0.25) is 9.69 Å². The number of methoxy groups -OCH3 is 1. The first-order valence-corrected chi connectivity index (χ1v) is 9.26. The zero-order valence-corrected chi connectivity index (χ0v) is 15.4. The van der Waals surface area contributed by atoms with Crippen molar-refractivity contribution < 1.29 is 9.53 Å². The number of carbonyl (C=O) groups is 1. The maximum absolute atomic E-state index is 13.2. The molecule has 1 saturated carbocycles. The molecule has 0 unspecified atom stereocenters. The highest BCUT2D eigenvalue weighted by molar-refractivity contribution is 6.02. The Morgan fingerprint density at radius 2 is 1.96 bits per heavy atom. The number of hydrogen-bond acceptors (Lipinski definition) is 3. The van der Waals surface area contributed by atoms with Crippen LogP contribution in [-0.2, 0) is 10.2 Å². The molecule has 1 aliphatic heterocycles. The summed E-state index contributed by atoms with van der Waals surface area (Å²) in [5.41, 5.74) is 3.22. The number of piperidine rings is 1. The molecule has 2 bridgehead atoms. The summed E-state index contributed by atoms with van der Waals surface area (Å²) in [5, 5.41) is 0. The number of likely N-dealkylation sites (tertiary alicyclic amines) is 1. The van der Waals surface area contributed by atoms with Crippen LogP contribution in [0.3, 0.4) is 0 Å². The predicted octanol–water partition coefficient (Wildman–Crippen LogP) is 4.08. The van der Waals surface area contributed by atoms with Gasteiger partial charge in [-0.25, -0.2) is 0 Å². The SMILES string of the molecule is COc1cccc([C@]23CCN(C)[C@H](C2)/C(=C\c2ccccc2)C(=O)C3)c1. The van der Waals surface area contributed by atoms with Crippen LogP contribution in [0, 0.1) is 0 Å². The first-order valence-electron chi connectivity index (χ1n) is 9.26. The van der Waals surface area contributed by atoms with Gasteiger partial charge >= 0.3 is 0 Å². The molecule has 2 atom stereocenters. The van der Waals surface area contributed by atoms with Gasteiger partial charge in [0.25, 0.3) is 0 Å². The first-order chi connectivity index (χ1) is 12.6. The van der Waals surface area contributed by atoms with E-state index in [0.29, 0.717) is 6.42 Å². The second kappa shape index (κ2) is 6.73. The summed E-state index contributed by atoms with van der Waals surface area (Å²) < 4.78 is 5.42. The topological polar surface area (TPSA) is 29.5 Å². The van der Waals surface area contributed by atoms with Crippen LogP contribution >= 0.6 is 0 Å². The Kier molecular flexibility index (Phi) is 4.41. The molecule has 134 valence electrons. The van der Waals surface area contributed by atoms with Gasteiger partial charge in [-0.2, -0.15) is 0 Å². The average Bonchev–Trinajstić information content (AvgIpc) is 2.68. The van der Waals surface area contributed by atoms with Crippen LogP contribution < -0.4 is 4.74 Å². The molecule has 0 aromatic heterocycles. The lowest BCUT2D eigenvalue weighted by Crippen LogP contribution is -2.53. The molecule has 1 saturated heterocycles. The van der Waals surface area contributed by atoms with Crippen molar-refractivity contribution in [3.05, 3.63) is 71.3 Å². The van der Waals surface area contributed by atoms with Crippen molar-refractivity contribution in [2.75, 3.05) is 20.7 Å². The minimum Gasteiger partial charge on any atom is -0.497 e. The lowest BCUT2D eigenvalue weighted by Gasteiger charge is -2.50. The molecule has 3 nitrogen and oxygen atoms in total. The Labute approximate surface area is 155 Å². The number of ketones is 1. The monoisotopic (exact) mass is 347 g/mol. The molecule has 0 amide bonds. The summed E-state index contributed by atoms with van der Waals surface area (Å²) in [6, 6.07) is 18.6. The summed E-state index contributed by atoms with van der Waals surface area (Å²) in [6.45, 7) is 1.00. The second-order valence-corrected chi connectivity index (χ2v) is 7.57. The highest BCUT2D eigenvalue weighted by atomic mass is 16.5. The lowest BCUT2D eigenvalue weighted by atomic mass is 9.61. The van der Waals surface area contributed by atoms with Crippen LogP contribution in [0.15, 0.2) is 60.2 Å². The number of rotatable bonds is 3. The number of nitrogens with zero attached hydrogens (tertiary/aromatic N) is 1. The maximum Gasteiger partial charge on any atom is 0.161 e. The minimum absolute atomic E-state index is 0.0726. The fourth-order valence-corrected chi connectivity index (χ4v) is 4.50. The van der Waals surface area contributed by atoms with Gasteiger partial charge in [0, 0.05) is 23.5 Å². The summed E-state index contributed by atoms with van der Waals surface area (Å²) in [4.78, 5) is 15.5. The Morgan fingerprint density at radius 3 is 2.73 bits per heavy atom. The summed E-state index contributed by atoms with van der Waals surface area (Å²) in [7, 11) is 3.83. The van der Waals surface area contributed by atoms with E-state index in [4.69, 9.17) is 4.74 Å². The van der Waals surface area contributed by atoms with Crippen molar-refractivity contribution in [2.45, 2.75) is 30.7 Å². The quantitative estimate of drug-likeness (QED) is 0.784. The smallest absolute Gasteiger partial charge is 0.161 e. The summed E-state index contributed by atoms with van der Waals surface area (Å²) in [6.07, 6.45) is 4.67. The molecule has 0 N–H and O–H groups in total. The maximum atomic E-state index is 13.2. The van der Waals surface area contributed by atoms with E-state index in [9.17, 15) is 4.79 Å². The van der Waals surface area contributed by atoms with E-state index < -0.39 is 0 Å². The van der Waals surface area contributed by atoms with Crippen molar-refractivity contribution >= 4 is 11.9 Å². The molecule has 0 spiro atoms. The molecule has 1 heterocycles. The van der Waals surface area contributed by atoms with Gasteiger partial charge in [0.05, 0.1) is 7.11 Å². The number of carbonyl (C=O) groups excluding carboxylic acids is 1. The van der Waals surface area contributed by atoms with Gasteiger partial charge in [-0.1, -0.05) is 42.5 Å². The van der Waals surface area contributed by atoms with Crippen LogP contribution in [0.1, 0.15) is 30.4 Å². The van der Waals surface area contributed by atoms with Gasteiger partial charge in [0.2, 0.25) is 0 Å². The number of hydrogen-bond donors (Lipinski definition) is 0. The first kappa shape index (κ1) is 17.0. The number of Topliss-reactive ketones (excluding diaryl/α,β-unsaturated/α-hetero) is 1. The lowest BCUT2D eigenvalue weighted by molar-refractivity contribution is -0.120. The predicted molar refractivity (Wildman–Crippen MR) is 104 cm³/mol. The third kappa shape index (κ3) is 2.97. The van der Waals surface area contributed by atoms with Crippen molar-refractivity contribution in [2.24, 2.45) is 0 Å². The molecular formula is C23H25NO2. The third-order valence-corrected chi connectivity index (χ3v) is 6.04. The molecule has 2 aromatic rings. The van der Waals surface area contributed by atoms with E-state index in [2.05, 4.69) is 42.3 Å². The normalized spacial score (nSPS) is 27.5. The van der Waals surface area contributed by atoms with Gasteiger partial charge in [0.15, 0.2) is 5.78 Å². The van der Waals surface area contributed by atoms with Crippen LogP contribution in [0.25, 0.3) is 6.08 Å². The molecule has 2 aromatic carbocycles. The fourth-order valence-electron chi connectivity index (χ4n) is 4.50. The standard InChI is InChI=1S/C23H25NO2/c1-24-12-11-23(18-9-6-10-19(14-18)26-2)15-21(24)20(22(25)16-23)13-17-7-4-3-5-8-17/h3-10,13-14,21H,11-12,15-16H2,1-2H3/b20-13+/t21-,23-/m1/s1. The Morgan fingerprint density at radius 1 is 1.15 bits per heavy atom. The van der Waals surface area contributed by atoms with Crippen LogP contribution in [0.2, 0.25) is 0 Å². The van der Waals surface area contributed by atoms with E-state index in [1.165, 1.54) is 5.56 Å². The minimum atomic E-state index is -0.0726. The number of benzene rings is 2. The second-order valence-electron chi connectivity index (χ2n) is 7.57. The van der Waals surface area contributed by atoms with E-state index >= 15 is 0 Å². The van der Waals surface area contributed by atoms with Gasteiger partial charge in [0.1, 0.15) is 5.75 Å². The molecule has 2 aliphatic rings. The van der Waals surface area contributed by atoms with Crippen LogP contribution in [0.4, 0.5) is 0 Å². The van der Waals surface area contributed by atoms with E-state index in [-0.39, 0.29) is 17.2 Å². The number of ether oxygens (including phenoxy) is 1. The van der Waals surface area contributed by atoms with Crippen molar-refractivity contribution in [1.29, 1.82) is 0 Å².